The summed E-state index contributed by atoms with van der Waals surface area (Å²) in [6, 6.07) is 0. The van der Waals surface area contributed by atoms with Gasteiger partial charge in [-0.3, -0.25) is 14.7 Å². The van der Waals surface area contributed by atoms with E-state index in [1.165, 1.54) is 10.2 Å². The zero-order valence-corrected chi connectivity index (χ0v) is 8.09. The van der Waals surface area contributed by atoms with Crippen LogP contribution in [0.2, 0.25) is 5.02 Å². The van der Waals surface area contributed by atoms with Crippen molar-refractivity contribution >= 4 is 17.5 Å². The fourth-order valence-electron chi connectivity index (χ4n) is 1.00. The van der Waals surface area contributed by atoms with Crippen molar-refractivity contribution in [2.45, 2.75) is 20.4 Å². The van der Waals surface area contributed by atoms with Crippen LogP contribution in [-0.4, -0.2) is 20.9 Å². The molecule has 1 amide bonds. The van der Waals surface area contributed by atoms with Gasteiger partial charge in [0.1, 0.15) is 6.54 Å². The quantitative estimate of drug-likeness (QED) is 0.548. The highest BCUT2D eigenvalue weighted by Crippen LogP contribution is 2.18. The Kier molecular flexibility index (Phi) is 2.90. The van der Waals surface area contributed by atoms with Crippen molar-refractivity contribution in [2.24, 2.45) is 0 Å². The molecule has 5 nitrogen and oxygen atoms in total. The zero-order chi connectivity index (χ0) is 10.0. The molecule has 1 rings (SSSR count). The van der Waals surface area contributed by atoms with Gasteiger partial charge in [-0.25, -0.2) is 5.48 Å². The number of hydrogen-bond donors (Lipinski definition) is 2. The summed E-state index contributed by atoms with van der Waals surface area (Å²) in [6.45, 7) is 3.48. The summed E-state index contributed by atoms with van der Waals surface area (Å²) in [5.41, 5.74) is 2.91. The average Bonchev–Trinajstić information content (AvgIpc) is 2.34. The number of aryl methyl sites for hydroxylation is 1. The lowest BCUT2D eigenvalue weighted by molar-refractivity contribution is -0.130. The maximum absolute atomic E-state index is 10.8. The molecule has 1 aromatic heterocycles. The number of hydrogen-bond acceptors (Lipinski definition) is 3. The molecule has 0 saturated heterocycles. The molecule has 0 spiro atoms. The summed E-state index contributed by atoms with van der Waals surface area (Å²) in [7, 11) is 0. The molecule has 13 heavy (non-hydrogen) atoms. The summed E-state index contributed by atoms with van der Waals surface area (Å²) in [6.07, 6.45) is 0. The van der Waals surface area contributed by atoms with E-state index in [0.717, 1.165) is 0 Å². The number of carbonyl (C=O) groups excluding carboxylic acids is 1. The van der Waals surface area contributed by atoms with E-state index in [-0.39, 0.29) is 6.54 Å². The van der Waals surface area contributed by atoms with E-state index in [1.54, 1.807) is 13.8 Å². The Morgan fingerprint density at radius 2 is 2.31 bits per heavy atom. The largest absolute Gasteiger partial charge is 0.289 e. The highest BCUT2D eigenvalue weighted by atomic mass is 35.5. The third kappa shape index (κ3) is 1.99. The fourth-order valence-corrected chi connectivity index (χ4v) is 1.14. The second-order valence-corrected chi connectivity index (χ2v) is 3.06. The van der Waals surface area contributed by atoms with Gasteiger partial charge in [0, 0.05) is 0 Å². The monoisotopic (exact) mass is 203 g/mol. The Balaban J connectivity index is 2.90. The van der Waals surface area contributed by atoms with Crippen molar-refractivity contribution in [3.05, 3.63) is 16.4 Å². The van der Waals surface area contributed by atoms with Gasteiger partial charge in [-0.05, 0) is 13.8 Å². The summed E-state index contributed by atoms with van der Waals surface area (Å²) >= 11 is 5.85. The maximum atomic E-state index is 10.8. The van der Waals surface area contributed by atoms with E-state index >= 15 is 0 Å². The third-order valence-electron chi connectivity index (χ3n) is 1.71. The van der Waals surface area contributed by atoms with Crippen LogP contribution in [0.25, 0.3) is 0 Å². The predicted octanol–water partition coefficient (Wildman–Crippen LogP) is 0.659. The van der Waals surface area contributed by atoms with Gasteiger partial charge in [0.25, 0.3) is 5.91 Å². The molecular weight excluding hydrogens is 194 g/mol. The van der Waals surface area contributed by atoms with E-state index in [2.05, 4.69) is 5.10 Å². The Bertz CT molecular complexity index is 335. The molecule has 1 heterocycles. The lowest BCUT2D eigenvalue weighted by Gasteiger charge is -2.01. The molecule has 72 valence electrons. The van der Waals surface area contributed by atoms with Crippen LogP contribution >= 0.6 is 11.6 Å². The molecule has 0 aliphatic carbocycles. The van der Waals surface area contributed by atoms with E-state index in [9.17, 15) is 4.79 Å². The van der Waals surface area contributed by atoms with Gasteiger partial charge in [-0.1, -0.05) is 11.6 Å². The van der Waals surface area contributed by atoms with Gasteiger partial charge in [-0.15, -0.1) is 0 Å². The van der Waals surface area contributed by atoms with Crippen molar-refractivity contribution in [1.29, 1.82) is 0 Å². The zero-order valence-electron chi connectivity index (χ0n) is 7.33. The maximum Gasteiger partial charge on any atom is 0.265 e. The summed E-state index contributed by atoms with van der Waals surface area (Å²) < 4.78 is 1.43. The number of halogens is 1. The predicted molar refractivity (Wildman–Crippen MR) is 46.6 cm³/mol. The topological polar surface area (TPSA) is 67.2 Å². The van der Waals surface area contributed by atoms with Gasteiger partial charge in [0.2, 0.25) is 0 Å². The first-order valence-corrected chi connectivity index (χ1v) is 4.06. The van der Waals surface area contributed by atoms with E-state index in [0.29, 0.717) is 16.4 Å². The van der Waals surface area contributed by atoms with Crippen molar-refractivity contribution in [3.8, 4) is 0 Å². The molecule has 0 atom stereocenters. The number of nitrogens with one attached hydrogen (secondary N) is 1. The molecule has 6 heteroatoms. The van der Waals surface area contributed by atoms with Crippen LogP contribution < -0.4 is 5.48 Å². The second-order valence-electron chi connectivity index (χ2n) is 2.68. The first-order valence-electron chi connectivity index (χ1n) is 3.68. The third-order valence-corrected chi connectivity index (χ3v) is 2.26. The standard InChI is InChI=1S/C7H10ClN3O2/c1-4-7(8)5(2)11(9-4)3-6(12)10-13/h13H,3H2,1-2H3,(H,10,12). The van der Waals surface area contributed by atoms with E-state index in [4.69, 9.17) is 16.8 Å². The Morgan fingerprint density at radius 1 is 1.69 bits per heavy atom. The molecule has 0 saturated carbocycles. The minimum absolute atomic E-state index is 0.0319. The average molecular weight is 204 g/mol. The summed E-state index contributed by atoms with van der Waals surface area (Å²) in [4.78, 5) is 10.8. The van der Waals surface area contributed by atoms with Gasteiger partial charge < -0.3 is 0 Å². The molecule has 0 fully saturated rings. The number of carbonyl (C=O) groups is 1. The smallest absolute Gasteiger partial charge is 0.265 e. The Hall–Kier alpha value is -1.07. The molecular formula is C7H10ClN3O2. The lowest BCUT2D eigenvalue weighted by Crippen LogP contribution is -2.25. The molecule has 2 N–H and O–H groups in total. The van der Waals surface area contributed by atoms with Gasteiger partial charge in [0.15, 0.2) is 0 Å². The van der Waals surface area contributed by atoms with Crippen LogP contribution in [0, 0.1) is 13.8 Å². The highest BCUT2D eigenvalue weighted by molar-refractivity contribution is 6.31. The van der Waals surface area contributed by atoms with Crippen molar-refractivity contribution in [2.75, 3.05) is 0 Å². The number of amides is 1. The van der Waals surface area contributed by atoms with Crippen molar-refractivity contribution < 1.29 is 10.0 Å². The molecule has 0 bridgehead atoms. The van der Waals surface area contributed by atoms with Crippen LogP contribution in [0.4, 0.5) is 0 Å². The van der Waals surface area contributed by atoms with Gasteiger partial charge in [-0.2, -0.15) is 5.10 Å². The summed E-state index contributed by atoms with van der Waals surface area (Å²) in [5, 5.41) is 12.8. The van der Waals surface area contributed by atoms with E-state index < -0.39 is 5.91 Å². The lowest BCUT2D eigenvalue weighted by atomic mass is 10.4. The number of rotatable bonds is 2. The van der Waals surface area contributed by atoms with Crippen LogP contribution in [0.15, 0.2) is 0 Å². The SMILES string of the molecule is Cc1nn(CC(=O)NO)c(C)c1Cl. The fraction of sp³-hybridized carbons (Fsp3) is 0.429. The normalized spacial score (nSPS) is 10.2. The van der Waals surface area contributed by atoms with Gasteiger partial charge >= 0.3 is 0 Å². The molecule has 0 unspecified atom stereocenters. The Morgan fingerprint density at radius 3 is 2.69 bits per heavy atom. The van der Waals surface area contributed by atoms with Crippen molar-refractivity contribution in [1.82, 2.24) is 15.3 Å². The van der Waals surface area contributed by atoms with Crippen molar-refractivity contribution in [3.63, 3.8) is 0 Å². The summed E-state index contributed by atoms with van der Waals surface area (Å²) in [5.74, 6) is -0.526. The molecule has 0 aromatic carbocycles. The minimum Gasteiger partial charge on any atom is -0.289 e. The first-order chi connectivity index (χ1) is 6.06. The molecule has 0 aliphatic heterocycles. The molecule has 1 aromatic rings. The Labute approximate surface area is 80.3 Å². The van der Waals surface area contributed by atoms with E-state index in [1.807, 2.05) is 0 Å². The van der Waals surface area contributed by atoms with Gasteiger partial charge in [0.05, 0.1) is 16.4 Å². The van der Waals surface area contributed by atoms with Crippen LogP contribution in [-0.2, 0) is 11.3 Å². The van der Waals surface area contributed by atoms with Crippen LogP contribution in [0.5, 0.6) is 0 Å². The second kappa shape index (κ2) is 3.76. The van der Waals surface area contributed by atoms with Crippen LogP contribution in [0.3, 0.4) is 0 Å². The number of aromatic nitrogens is 2. The van der Waals surface area contributed by atoms with Crippen LogP contribution in [0.1, 0.15) is 11.4 Å². The number of hydroxylamine groups is 1. The minimum atomic E-state index is -0.526. The molecule has 0 radical (unpaired) electrons. The molecule has 0 aliphatic rings. The highest BCUT2D eigenvalue weighted by Gasteiger charge is 2.11. The first kappa shape index (κ1) is 10.0. The number of nitrogens with zero attached hydrogens (tertiary/aromatic N) is 2.